The summed E-state index contributed by atoms with van der Waals surface area (Å²) in [5.41, 5.74) is -0.808. The number of carbonyl (C=O) groups excluding carboxylic acids is 2. The number of methoxy groups -OCH3 is 1. The van der Waals surface area contributed by atoms with Crippen LogP contribution in [0.15, 0.2) is 9.47 Å². The number of hydrogen-bond acceptors (Lipinski definition) is 5. The van der Waals surface area contributed by atoms with Crippen LogP contribution in [-0.2, 0) is 14.2 Å². The average Bonchev–Trinajstić information content (AvgIpc) is 2.71. The van der Waals surface area contributed by atoms with Crippen molar-refractivity contribution in [1.29, 1.82) is 0 Å². The molecule has 0 bridgehead atoms. The van der Waals surface area contributed by atoms with Gasteiger partial charge < -0.3 is 24.0 Å². The molecule has 2 heterocycles. The molecule has 2 fully saturated rings. The summed E-state index contributed by atoms with van der Waals surface area (Å²) in [6.07, 6.45) is 6.91. The van der Waals surface area contributed by atoms with Gasteiger partial charge in [-0.2, -0.15) is 0 Å². The van der Waals surface area contributed by atoms with Gasteiger partial charge in [0.15, 0.2) is 0 Å². The summed E-state index contributed by atoms with van der Waals surface area (Å²) in [4.78, 5) is 27.2. The van der Waals surface area contributed by atoms with Gasteiger partial charge in [-0.3, -0.25) is 0 Å². The molecule has 7 nitrogen and oxygen atoms in total. The lowest BCUT2D eigenvalue weighted by Gasteiger charge is -2.33. The van der Waals surface area contributed by atoms with E-state index in [4.69, 9.17) is 14.2 Å². The first-order chi connectivity index (χ1) is 15.7. The summed E-state index contributed by atoms with van der Waals surface area (Å²) >= 11 is 6.73. The molecule has 2 aliphatic heterocycles. The molecule has 0 atom stereocenters. The van der Waals surface area contributed by atoms with Crippen LogP contribution in [0, 0.1) is 11.8 Å². The number of hydrogen-bond donors (Lipinski definition) is 0. The van der Waals surface area contributed by atoms with E-state index >= 15 is 0 Å². The van der Waals surface area contributed by atoms with E-state index in [0.717, 1.165) is 68.3 Å². The van der Waals surface area contributed by atoms with Gasteiger partial charge in [-0.05, 0) is 117 Å². The van der Waals surface area contributed by atoms with Gasteiger partial charge >= 0.3 is 12.2 Å². The molecule has 2 saturated heterocycles. The predicted molar refractivity (Wildman–Crippen MR) is 143 cm³/mol. The number of carbonyl (C=O) groups is 2. The molecule has 0 unspecified atom stereocenters. The Bertz CT molecular complexity index is 653. The lowest BCUT2D eigenvalue weighted by Crippen LogP contribution is -2.42. The zero-order valence-corrected chi connectivity index (χ0v) is 25.2. The minimum atomic E-state index is -0.405. The maximum absolute atomic E-state index is 11.9. The lowest BCUT2D eigenvalue weighted by molar-refractivity contribution is 0.0141. The number of allylic oxidation sites excluding steroid dienone is 1. The maximum atomic E-state index is 11.9. The predicted octanol–water partition coefficient (Wildman–Crippen LogP) is 6.93. The van der Waals surface area contributed by atoms with Gasteiger partial charge in [-0.1, -0.05) is 6.08 Å². The van der Waals surface area contributed by atoms with Crippen molar-refractivity contribution in [3.8, 4) is 0 Å². The zero-order chi connectivity index (χ0) is 25.9. The fourth-order valence-corrected chi connectivity index (χ4v) is 4.15. The van der Waals surface area contributed by atoms with Crippen LogP contribution in [0.4, 0.5) is 9.59 Å². The van der Waals surface area contributed by atoms with Crippen LogP contribution in [0.1, 0.15) is 73.6 Å². The van der Waals surface area contributed by atoms with Gasteiger partial charge in [0.05, 0.1) is 3.39 Å². The largest absolute Gasteiger partial charge is 0.444 e. The number of nitrogens with zero attached hydrogens (tertiary/aromatic N) is 2. The highest BCUT2D eigenvalue weighted by Gasteiger charge is 2.27. The molecule has 0 N–H and O–H groups in total. The van der Waals surface area contributed by atoms with Crippen molar-refractivity contribution in [3.05, 3.63) is 9.47 Å². The Kier molecular flexibility index (Phi) is 13.5. The Morgan fingerprint density at radius 3 is 1.50 bits per heavy atom. The number of ether oxygens (including phenoxy) is 3. The number of amides is 2. The second-order valence-electron chi connectivity index (χ2n) is 11.0. The molecule has 34 heavy (non-hydrogen) atoms. The molecule has 2 rings (SSSR count). The molecule has 0 aromatic rings. The molecule has 0 radical (unpaired) electrons. The number of halogens is 2. The van der Waals surface area contributed by atoms with Crippen molar-refractivity contribution in [1.82, 2.24) is 9.80 Å². The van der Waals surface area contributed by atoms with E-state index < -0.39 is 11.2 Å². The van der Waals surface area contributed by atoms with Gasteiger partial charge in [-0.25, -0.2) is 9.59 Å². The number of piperidine rings is 2. The van der Waals surface area contributed by atoms with Gasteiger partial charge in [0, 0.05) is 39.9 Å². The fourth-order valence-electron chi connectivity index (χ4n) is 3.78. The monoisotopic (exact) mass is 610 g/mol. The van der Waals surface area contributed by atoms with Crippen molar-refractivity contribution in [2.24, 2.45) is 11.8 Å². The van der Waals surface area contributed by atoms with E-state index in [1.807, 2.05) is 46.4 Å². The van der Waals surface area contributed by atoms with E-state index in [1.165, 1.54) is 0 Å². The molecule has 2 aliphatic rings. The number of likely N-dealkylation sites (tertiary alicyclic amines) is 2. The molecule has 0 aromatic heterocycles. The highest BCUT2D eigenvalue weighted by atomic mass is 79.9. The van der Waals surface area contributed by atoms with E-state index in [2.05, 4.69) is 37.9 Å². The molecule has 0 spiro atoms. The fraction of sp³-hybridized carbons (Fsp3) is 0.840. The number of rotatable bonds is 4. The van der Waals surface area contributed by atoms with Crippen molar-refractivity contribution >= 4 is 44.0 Å². The smallest absolute Gasteiger partial charge is 0.410 e. The Morgan fingerprint density at radius 2 is 1.18 bits per heavy atom. The van der Waals surface area contributed by atoms with Crippen molar-refractivity contribution < 1.29 is 23.8 Å². The van der Waals surface area contributed by atoms with Crippen LogP contribution in [0.5, 0.6) is 0 Å². The molecule has 198 valence electrons. The molecule has 0 aromatic carbocycles. The highest BCUT2D eigenvalue weighted by molar-refractivity contribution is 9.28. The Balaban J connectivity index is 0.000000342. The average molecular weight is 612 g/mol. The van der Waals surface area contributed by atoms with E-state index in [0.29, 0.717) is 11.8 Å². The molecule has 0 saturated carbocycles. The summed E-state index contributed by atoms with van der Waals surface area (Å²) in [5.74, 6) is 1.25. The summed E-state index contributed by atoms with van der Waals surface area (Å²) < 4.78 is 16.8. The Labute approximate surface area is 223 Å². The van der Waals surface area contributed by atoms with E-state index in [1.54, 1.807) is 12.0 Å². The quantitative estimate of drug-likeness (QED) is 0.345. The zero-order valence-electron chi connectivity index (χ0n) is 22.0. The third-order valence-corrected chi connectivity index (χ3v) is 6.19. The van der Waals surface area contributed by atoms with Gasteiger partial charge in [0.25, 0.3) is 0 Å². The first-order valence-electron chi connectivity index (χ1n) is 12.2. The normalized spacial score (nSPS) is 18.0. The highest BCUT2D eigenvalue weighted by Crippen LogP contribution is 2.25. The minimum Gasteiger partial charge on any atom is -0.444 e. The second kappa shape index (κ2) is 14.7. The summed E-state index contributed by atoms with van der Waals surface area (Å²) in [5, 5.41) is 0. The van der Waals surface area contributed by atoms with E-state index in [9.17, 15) is 9.59 Å². The standard InChI is InChI=1S/C13H21Br2NO2.C12H23NO3/c1-13(2,3)18-12(17)16-8-6-10(7-9-16)4-5-11(14)15;1-12(2,3)16-11(14)13-7-5-10(6-8-13)9-15-4/h5,10H,4,6-9H2,1-3H3;10H,5-9H2,1-4H3. The summed E-state index contributed by atoms with van der Waals surface area (Å²) in [6.45, 7) is 15.3. The molecule has 0 aliphatic carbocycles. The maximum Gasteiger partial charge on any atom is 0.410 e. The third kappa shape index (κ3) is 13.9. The SMILES string of the molecule is CC(C)(C)OC(=O)N1CCC(CC=C(Br)Br)CC1.COCC1CCN(C(=O)OC(C)(C)C)CC1. The molecule has 9 heteroatoms. The van der Waals surface area contributed by atoms with Gasteiger partial charge in [0.2, 0.25) is 0 Å². The van der Waals surface area contributed by atoms with Crippen molar-refractivity contribution in [3.63, 3.8) is 0 Å². The minimum absolute atomic E-state index is 0.182. The van der Waals surface area contributed by atoms with Crippen LogP contribution in [-0.4, -0.2) is 73.1 Å². The van der Waals surface area contributed by atoms with Crippen LogP contribution in [0.3, 0.4) is 0 Å². The van der Waals surface area contributed by atoms with Crippen LogP contribution >= 0.6 is 31.9 Å². The van der Waals surface area contributed by atoms with Gasteiger partial charge in [-0.15, -0.1) is 0 Å². The summed E-state index contributed by atoms with van der Waals surface area (Å²) in [6, 6.07) is 0. The summed E-state index contributed by atoms with van der Waals surface area (Å²) in [7, 11) is 1.72. The molecular formula is C25H44Br2N2O5. The first kappa shape index (κ1) is 31.2. The Morgan fingerprint density at radius 1 is 0.794 bits per heavy atom. The van der Waals surface area contributed by atoms with Crippen LogP contribution in [0.25, 0.3) is 0 Å². The van der Waals surface area contributed by atoms with E-state index in [-0.39, 0.29) is 12.2 Å². The lowest BCUT2D eigenvalue weighted by atomic mass is 9.94. The Hall–Kier alpha value is -0.800. The van der Waals surface area contributed by atoms with Crippen molar-refractivity contribution in [2.45, 2.75) is 84.8 Å². The second-order valence-corrected chi connectivity index (χ2v) is 13.8. The van der Waals surface area contributed by atoms with Crippen LogP contribution < -0.4 is 0 Å². The molecule has 2 amide bonds. The van der Waals surface area contributed by atoms with Crippen LogP contribution in [0.2, 0.25) is 0 Å². The van der Waals surface area contributed by atoms with Gasteiger partial charge in [0.1, 0.15) is 11.2 Å². The topological polar surface area (TPSA) is 68.3 Å². The third-order valence-electron chi connectivity index (χ3n) is 5.54. The molecular weight excluding hydrogens is 568 g/mol. The van der Waals surface area contributed by atoms with Crippen molar-refractivity contribution in [2.75, 3.05) is 39.9 Å². The first-order valence-corrected chi connectivity index (χ1v) is 13.7.